The van der Waals surface area contributed by atoms with Gasteiger partial charge in [-0.1, -0.05) is 6.92 Å². The third-order valence-electron chi connectivity index (χ3n) is 7.57. The molecule has 1 saturated heterocycles. The maximum absolute atomic E-state index is 13.1. The van der Waals surface area contributed by atoms with E-state index in [-0.39, 0.29) is 45.6 Å². The molecule has 0 radical (unpaired) electrons. The molecule has 262 valence electrons. The average Bonchev–Trinajstić information content (AvgIpc) is 2.98. The summed E-state index contributed by atoms with van der Waals surface area (Å²) in [5.41, 5.74) is 18.1. The van der Waals surface area contributed by atoms with Gasteiger partial charge in [0.1, 0.15) is 30.2 Å². The van der Waals surface area contributed by atoms with Crippen LogP contribution in [-0.2, 0) is 23.7 Å². The number of carbonyl (C=O) groups excluding carboxylic acids is 1. The molecule has 18 heteroatoms. The standard InChI is InChI=1S/C26H48N6O11.CH5N/c1-3-26(39,32-24(28)29)23(37)31-16-7-15(27)20(19(36)21(16)43-22-17(35)8-25(2,38)12-40-22)42-18-6-4-5-14(41-18)10-30-9-13(34)11-33;1-2/h5,13,15-22,30,33-36,38-39H,3-4,6-12,27H2,1-2H3,(H,31,37)(H4,28,29,32);2H2,1H3/t13?,15?,16?,17?,18-,19?,20-,21+,22?,25-,26?;/m1./s1. The van der Waals surface area contributed by atoms with E-state index in [0.717, 1.165) is 0 Å². The van der Waals surface area contributed by atoms with Crippen molar-refractivity contribution in [3.05, 3.63) is 11.8 Å². The van der Waals surface area contributed by atoms with E-state index in [4.69, 9.17) is 41.3 Å². The maximum atomic E-state index is 13.1. The van der Waals surface area contributed by atoms with E-state index >= 15 is 0 Å². The van der Waals surface area contributed by atoms with Gasteiger partial charge in [-0.2, -0.15) is 0 Å². The molecule has 11 atom stereocenters. The molecule has 18 nitrogen and oxygen atoms in total. The molecule has 0 aromatic heterocycles. The minimum atomic E-state index is -2.30. The van der Waals surface area contributed by atoms with E-state index < -0.39 is 78.4 Å². The Kier molecular flexibility index (Phi) is 15.3. The number of guanidine groups is 1. The van der Waals surface area contributed by atoms with Crippen molar-refractivity contribution in [1.29, 1.82) is 0 Å². The van der Waals surface area contributed by atoms with E-state index in [1.165, 1.54) is 20.9 Å². The minimum absolute atomic E-state index is 0.0102. The van der Waals surface area contributed by atoms with E-state index in [1.807, 2.05) is 6.08 Å². The molecule has 3 aliphatic rings. The van der Waals surface area contributed by atoms with Gasteiger partial charge in [0.15, 0.2) is 18.5 Å². The zero-order chi connectivity index (χ0) is 33.9. The first-order chi connectivity index (χ1) is 21.2. The summed E-state index contributed by atoms with van der Waals surface area (Å²) in [6.07, 6.45) is -5.32. The van der Waals surface area contributed by atoms with Gasteiger partial charge in [-0.05, 0) is 32.9 Å². The quantitative estimate of drug-likeness (QED) is 0.0656. The molecular weight excluding hydrogens is 598 g/mol. The van der Waals surface area contributed by atoms with Crippen molar-refractivity contribution >= 4 is 11.9 Å². The van der Waals surface area contributed by atoms with Crippen LogP contribution in [0.1, 0.15) is 46.0 Å². The van der Waals surface area contributed by atoms with Gasteiger partial charge >= 0.3 is 0 Å². The van der Waals surface area contributed by atoms with Crippen molar-refractivity contribution in [2.45, 2.75) is 112 Å². The third kappa shape index (κ3) is 11.2. The second kappa shape index (κ2) is 17.6. The monoisotopic (exact) mass is 651 g/mol. The lowest BCUT2D eigenvalue weighted by Crippen LogP contribution is -2.67. The molecule has 2 fully saturated rings. The van der Waals surface area contributed by atoms with Crippen molar-refractivity contribution in [3.8, 4) is 0 Å². The molecule has 45 heavy (non-hydrogen) atoms. The number of rotatable bonds is 13. The van der Waals surface area contributed by atoms with Crippen LogP contribution in [0.3, 0.4) is 0 Å². The van der Waals surface area contributed by atoms with E-state index in [9.17, 15) is 30.3 Å². The van der Waals surface area contributed by atoms with Crippen LogP contribution in [0.2, 0.25) is 0 Å². The van der Waals surface area contributed by atoms with Gasteiger partial charge in [-0.3, -0.25) is 4.79 Å². The summed E-state index contributed by atoms with van der Waals surface area (Å²) < 4.78 is 23.6. The van der Waals surface area contributed by atoms with Crippen molar-refractivity contribution in [2.24, 2.45) is 27.9 Å². The molecule has 16 N–H and O–H groups in total. The lowest BCUT2D eigenvalue weighted by molar-refractivity contribution is -0.297. The number of ether oxygens (including phenoxy) is 4. The lowest BCUT2D eigenvalue weighted by atomic mass is 9.83. The Bertz CT molecular complexity index is 987. The summed E-state index contributed by atoms with van der Waals surface area (Å²) in [6.45, 7) is 2.90. The Morgan fingerprint density at radius 1 is 1.27 bits per heavy atom. The number of amides is 1. The first kappa shape index (κ1) is 39.0. The van der Waals surface area contributed by atoms with Gasteiger partial charge in [0.2, 0.25) is 5.72 Å². The number of hydrogen-bond acceptors (Lipinski definition) is 15. The highest BCUT2D eigenvalue weighted by molar-refractivity contribution is 5.88. The van der Waals surface area contributed by atoms with E-state index in [1.54, 1.807) is 0 Å². The highest BCUT2D eigenvalue weighted by Crippen LogP contribution is 2.32. The first-order valence-corrected chi connectivity index (χ1v) is 15.0. The number of aliphatic hydroxyl groups is 6. The Morgan fingerprint density at radius 3 is 2.56 bits per heavy atom. The second-order valence-electron chi connectivity index (χ2n) is 11.6. The van der Waals surface area contributed by atoms with Crippen LogP contribution >= 0.6 is 0 Å². The van der Waals surface area contributed by atoms with Crippen LogP contribution in [0.25, 0.3) is 0 Å². The molecule has 0 aromatic rings. The highest BCUT2D eigenvalue weighted by Gasteiger charge is 2.50. The predicted octanol–water partition coefficient (Wildman–Crippen LogP) is -4.90. The number of aliphatic hydroxyl groups excluding tert-OH is 4. The molecule has 1 aliphatic carbocycles. The fraction of sp³-hybridized carbons (Fsp3) is 0.852. The molecule has 2 heterocycles. The highest BCUT2D eigenvalue weighted by atomic mass is 16.7. The zero-order valence-electron chi connectivity index (χ0n) is 26.1. The van der Waals surface area contributed by atoms with Crippen molar-refractivity contribution in [2.75, 3.05) is 33.4 Å². The summed E-state index contributed by atoms with van der Waals surface area (Å²) in [5.74, 6) is -0.923. The molecule has 1 amide bonds. The smallest absolute Gasteiger partial charge is 0.275 e. The maximum Gasteiger partial charge on any atom is 0.275 e. The van der Waals surface area contributed by atoms with Crippen LogP contribution in [0.4, 0.5) is 0 Å². The Labute approximate surface area is 262 Å². The number of allylic oxidation sites excluding steroid dienone is 1. The number of hydrogen-bond donors (Lipinski definition) is 12. The molecule has 1 saturated carbocycles. The van der Waals surface area contributed by atoms with Gasteiger partial charge in [0.25, 0.3) is 5.91 Å². The topological polar surface area (TPSA) is 316 Å². The zero-order valence-corrected chi connectivity index (χ0v) is 26.1. The SMILES string of the molecule is CCC(O)(N=C(N)N)C(=O)NC1CC(N)[C@@H](O[C@@H]2CCC=C(CNCC(O)CO)O2)C(O)[C@H]1OC1OC[C@](C)(O)CC1O.CN. The second-order valence-corrected chi connectivity index (χ2v) is 11.6. The summed E-state index contributed by atoms with van der Waals surface area (Å²) in [5, 5.41) is 67.2. The van der Waals surface area contributed by atoms with Crippen LogP contribution < -0.4 is 33.6 Å². The number of carbonyl (C=O) groups is 1. The summed E-state index contributed by atoms with van der Waals surface area (Å²) in [7, 11) is 1.50. The lowest BCUT2D eigenvalue weighted by Gasteiger charge is -2.47. The number of nitrogens with two attached hydrogens (primary N) is 4. The van der Waals surface area contributed by atoms with Gasteiger partial charge in [0.05, 0.1) is 37.5 Å². The summed E-state index contributed by atoms with van der Waals surface area (Å²) >= 11 is 0. The van der Waals surface area contributed by atoms with Crippen molar-refractivity contribution < 1.29 is 54.4 Å². The fourth-order valence-corrected chi connectivity index (χ4v) is 5.26. The Balaban J connectivity index is 0.00000345. The van der Waals surface area contributed by atoms with Gasteiger partial charge in [-0.15, -0.1) is 0 Å². The molecule has 0 bridgehead atoms. The van der Waals surface area contributed by atoms with Gasteiger partial charge < -0.3 is 83.2 Å². The molecule has 7 unspecified atom stereocenters. The largest absolute Gasteiger partial charge is 0.468 e. The van der Waals surface area contributed by atoms with Gasteiger partial charge in [0, 0.05) is 31.8 Å². The molecule has 0 aromatic carbocycles. The van der Waals surface area contributed by atoms with E-state index in [2.05, 4.69) is 21.4 Å². The summed E-state index contributed by atoms with van der Waals surface area (Å²) in [6, 6.07) is -1.85. The minimum Gasteiger partial charge on any atom is -0.468 e. The van der Waals surface area contributed by atoms with Crippen molar-refractivity contribution in [1.82, 2.24) is 10.6 Å². The van der Waals surface area contributed by atoms with Crippen molar-refractivity contribution in [3.63, 3.8) is 0 Å². The van der Waals surface area contributed by atoms with Crippen LogP contribution in [0, 0.1) is 0 Å². The van der Waals surface area contributed by atoms with Crippen LogP contribution in [0.5, 0.6) is 0 Å². The predicted molar refractivity (Wildman–Crippen MR) is 161 cm³/mol. The molecule has 0 spiro atoms. The number of nitrogens with one attached hydrogen (secondary N) is 2. The molecular formula is C27H53N7O11. The number of aliphatic imine (C=N–C) groups is 1. The van der Waals surface area contributed by atoms with Gasteiger partial charge in [-0.25, -0.2) is 4.99 Å². The summed E-state index contributed by atoms with van der Waals surface area (Å²) in [4.78, 5) is 16.8. The Morgan fingerprint density at radius 2 is 1.96 bits per heavy atom. The van der Waals surface area contributed by atoms with Crippen LogP contribution in [-0.4, -0.2) is 142 Å². The third-order valence-corrected chi connectivity index (χ3v) is 7.57. The first-order valence-electron chi connectivity index (χ1n) is 15.0. The molecule has 2 aliphatic heterocycles. The number of nitrogens with zero attached hydrogens (tertiary/aromatic N) is 1. The fourth-order valence-electron chi connectivity index (χ4n) is 5.26. The normalized spacial score (nSPS) is 35.4. The average molecular weight is 652 g/mol. The molecule has 3 rings (SSSR count). The Hall–Kier alpha value is -2.20. The van der Waals surface area contributed by atoms with E-state index in [0.29, 0.717) is 18.6 Å². The van der Waals surface area contributed by atoms with Crippen LogP contribution in [0.15, 0.2) is 16.8 Å².